The molecule has 1 heterocycles. The van der Waals surface area contributed by atoms with Crippen LogP contribution in [0.4, 0.5) is 4.79 Å². The number of benzene rings is 1. The maximum Gasteiger partial charge on any atom is 0.318 e. The molecule has 1 unspecified atom stereocenters. The molecule has 0 spiro atoms. The van der Waals surface area contributed by atoms with Crippen molar-refractivity contribution in [2.75, 3.05) is 20.8 Å². The number of ether oxygens (including phenoxy) is 2. The van der Waals surface area contributed by atoms with E-state index in [4.69, 9.17) is 9.47 Å². The first-order valence-corrected chi connectivity index (χ1v) is 7.52. The van der Waals surface area contributed by atoms with Crippen LogP contribution in [0.5, 0.6) is 11.5 Å². The SMILES string of the molecule is COc1ccc(C2CCCN2C(=O)NC2CC2)cc1OC. The highest BCUT2D eigenvalue weighted by Crippen LogP contribution is 2.37. The molecule has 1 saturated carbocycles. The van der Waals surface area contributed by atoms with Crippen LogP contribution in [0.2, 0.25) is 0 Å². The normalized spacial score (nSPS) is 21.2. The minimum atomic E-state index is 0.0646. The van der Waals surface area contributed by atoms with E-state index in [9.17, 15) is 4.79 Å². The predicted octanol–water partition coefficient (Wildman–Crippen LogP) is 2.71. The van der Waals surface area contributed by atoms with Crippen molar-refractivity contribution in [3.8, 4) is 11.5 Å². The number of nitrogens with one attached hydrogen (secondary N) is 1. The van der Waals surface area contributed by atoms with Crippen LogP contribution >= 0.6 is 0 Å². The lowest BCUT2D eigenvalue weighted by Crippen LogP contribution is -2.40. The zero-order chi connectivity index (χ0) is 14.8. The Bertz CT molecular complexity index is 528. The molecule has 114 valence electrons. The molecule has 1 aromatic rings. The van der Waals surface area contributed by atoms with E-state index in [0.717, 1.165) is 37.8 Å². The number of hydrogen-bond acceptors (Lipinski definition) is 3. The second kappa shape index (κ2) is 5.84. The summed E-state index contributed by atoms with van der Waals surface area (Å²) in [6.45, 7) is 0.817. The first-order chi connectivity index (χ1) is 10.2. The van der Waals surface area contributed by atoms with Crippen molar-refractivity contribution >= 4 is 6.03 Å². The highest BCUT2D eigenvalue weighted by atomic mass is 16.5. The molecule has 1 aromatic carbocycles. The Morgan fingerprint density at radius 2 is 1.95 bits per heavy atom. The fourth-order valence-corrected chi connectivity index (χ4v) is 2.90. The van der Waals surface area contributed by atoms with E-state index >= 15 is 0 Å². The van der Waals surface area contributed by atoms with E-state index in [1.165, 1.54) is 0 Å². The molecular weight excluding hydrogens is 268 g/mol. The van der Waals surface area contributed by atoms with Crippen LogP contribution in [-0.2, 0) is 0 Å². The summed E-state index contributed by atoms with van der Waals surface area (Å²) in [5.41, 5.74) is 1.11. The third-order valence-corrected chi connectivity index (χ3v) is 4.21. The fraction of sp³-hybridized carbons (Fsp3) is 0.562. The van der Waals surface area contributed by atoms with Gasteiger partial charge in [0.1, 0.15) is 0 Å². The van der Waals surface area contributed by atoms with Gasteiger partial charge in [-0.15, -0.1) is 0 Å². The first kappa shape index (κ1) is 14.0. The third-order valence-electron chi connectivity index (χ3n) is 4.21. The quantitative estimate of drug-likeness (QED) is 0.927. The van der Waals surface area contributed by atoms with Crippen molar-refractivity contribution in [3.05, 3.63) is 23.8 Å². The van der Waals surface area contributed by atoms with Gasteiger partial charge in [0.15, 0.2) is 11.5 Å². The standard InChI is InChI=1S/C16H22N2O3/c1-20-14-8-5-11(10-15(14)21-2)13-4-3-9-18(13)16(19)17-12-6-7-12/h5,8,10,12-13H,3-4,6-7,9H2,1-2H3,(H,17,19). The zero-order valence-corrected chi connectivity index (χ0v) is 12.6. The van der Waals surface area contributed by atoms with E-state index in [0.29, 0.717) is 17.5 Å². The van der Waals surface area contributed by atoms with Gasteiger partial charge in [-0.25, -0.2) is 4.79 Å². The number of carbonyl (C=O) groups excluding carboxylic acids is 1. The van der Waals surface area contributed by atoms with Crippen molar-refractivity contribution < 1.29 is 14.3 Å². The van der Waals surface area contributed by atoms with Gasteiger partial charge in [0.25, 0.3) is 0 Å². The zero-order valence-electron chi connectivity index (χ0n) is 12.6. The molecule has 0 radical (unpaired) electrons. The van der Waals surface area contributed by atoms with Gasteiger partial charge in [-0.05, 0) is 43.4 Å². The maximum atomic E-state index is 12.3. The second-order valence-corrected chi connectivity index (χ2v) is 5.69. The second-order valence-electron chi connectivity index (χ2n) is 5.69. The number of amides is 2. The number of hydrogen-bond donors (Lipinski definition) is 1. The number of rotatable bonds is 4. The van der Waals surface area contributed by atoms with E-state index in [1.807, 2.05) is 23.1 Å². The number of urea groups is 1. The van der Waals surface area contributed by atoms with Gasteiger partial charge in [0.2, 0.25) is 0 Å². The van der Waals surface area contributed by atoms with Crippen LogP contribution in [0.1, 0.15) is 37.3 Å². The molecule has 1 N–H and O–H groups in total. The first-order valence-electron chi connectivity index (χ1n) is 7.52. The molecule has 0 bridgehead atoms. The Hall–Kier alpha value is -1.91. The van der Waals surface area contributed by atoms with Crippen LogP contribution in [0.25, 0.3) is 0 Å². The molecule has 3 rings (SSSR count). The molecule has 1 atom stereocenters. The molecular formula is C16H22N2O3. The highest BCUT2D eigenvalue weighted by molar-refractivity contribution is 5.75. The van der Waals surface area contributed by atoms with Crippen LogP contribution in [0, 0.1) is 0 Å². The van der Waals surface area contributed by atoms with Gasteiger partial charge in [-0.1, -0.05) is 6.07 Å². The molecule has 5 heteroatoms. The molecule has 1 aliphatic heterocycles. The Labute approximate surface area is 125 Å². The minimum Gasteiger partial charge on any atom is -0.493 e. The molecule has 0 aromatic heterocycles. The van der Waals surface area contributed by atoms with Crippen molar-refractivity contribution in [1.82, 2.24) is 10.2 Å². The Kier molecular flexibility index (Phi) is 3.90. The fourth-order valence-electron chi connectivity index (χ4n) is 2.90. The van der Waals surface area contributed by atoms with Gasteiger partial charge in [0, 0.05) is 12.6 Å². The number of methoxy groups -OCH3 is 2. The van der Waals surface area contributed by atoms with Crippen LogP contribution in [0.3, 0.4) is 0 Å². The highest BCUT2D eigenvalue weighted by Gasteiger charge is 2.33. The lowest BCUT2D eigenvalue weighted by molar-refractivity contribution is 0.192. The average molecular weight is 290 g/mol. The van der Waals surface area contributed by atoms with E-state index in [-0.39, 0.29) is 12.1 Å². The topological polar surface area (TPSA) is 50.8 Å². The lowest BCUT2D eigenvalue weighted by Gasteiger charge is -2.26. The largest absolute Gasteiger partial charge is 0.493 e. The summed E-state index contributed by atoms with van der Waals surface area (Å²) in [6, 6.07) is 6.49. The summed E-state index contributed by atoms with van der Waals surface area (Å²) in [7, 11) is 3.26. The monoisotopic (exact) mass is 290 g/mol. The van der Waals surface area contributed by atoms with Crippen LogP contribution < -0.4 is 14.8 Å². The van der Waals surface area contributed by atoms with Gasteiger partial charge in [-0.2, -0.15) is 0 Å². The summed E-state index contributed by atoms with van der Waals surface area (Å²) < 4.78 is 10.6. The third kappa shape index (κ3) is 2.91. The minimum absolute atomic E-state index is 0.0646. The summed E-state index contributed by atoms with van der Waals surface area (Å²) >= 11 is 0. The Balaban J connectivity index is 1.79. The molecule has 2 aliphatic rings. The molecule has 21 heavy (non-hydrogen) atoms. The maximum absolute atomic E-state index is 12.3. The van der Waals surface area contributed by atoms with Crippen LogP contribution in [-0.4, -0.2) is 37.7 Å². The Morgan fingerprint density at radius 1 is 1.19 bits per heavy atom. The number of nitrogens with zero attached hydrogens (tertiary/aromatic N) is 1. The van der Waals surface area contributed by atoms with E-state index in [1.54, 1.807) is 14.2 Å². The van der Waals surface area contributed by atoms with Gasteiger partial charge in [-0.3, -0.25) is 0 Å². The average Bonchev–Trinajstić information content (AvgIpc) is 3.18. The summed E-state index contributed by atoms with van der Waals surface area (Å²) in [4.78, 5) is 14.3. The molecule has 2 amide bonds. The number of carbonyl (C=O) groups is 1. The molecule has 2 fully saturated rings. The smallest absolute Gasteiger partial charge is 0.318 e. The number of likely N-dealkylation sites (tertiary alicyclic amines) is 1. The van der Waals surface area contributed by atoms with Gasteiger partial charge >= 0.3 is 6.03 Å². The van der Waals surface area contributed by atoms with Crippen molar-refractivity contribution in [2.24, 2.45) is 0 Å². The molecule has 5 nitrogen and oxygen atoms in total. The van der Waals surface area contributed by atoms with Crippen molar-refractivity contribution in [1.29, 1.82) is 0 Å². The van der Waals surface area contributed by atoms with Crippen molar-refractivity contribution in [2.45, 2.75) is 37.8 Å². The predicted molar refractivity (Wildman–Crippen MR) is 79.8 cm³/mol. The van der Waals surface area contributed by atoms with E-state index < -0.39 is 0 Å². The van der Waals surface area contributed by atoms with Gasteiger partial charge < -0.3 is 19.7 Å². The summed E-state index contributed by atoms with van der Waals surface area (Å²) in [5.74, 6) is 1.43. The molecule has 1 aliphatic carbocycles. The van der Waals surface area contributed by atoms with Crippen LogP contribution in [0.15, 0.2) is 18.2 Å². The lowest BCUT2D eigenvalue weighted by atomic mass is 10.0. The summed E-state index contributed by atoms with van der Waals surface area (Å²) in [5, 5.41) is 3.08. The van der Waals surface area contributed by atoms with Gasteiger partial charge in [0.05, 0.1) is 20.3 Å². The Morgan fingerprint density at radius 3 is 2.62 bits per heavy atom. The summed E-state index contributed by atoms with van der Waals surface area (Å²) in [6.07, 6.45) is 4.26. The van der Waals surface area contributed by atoms with E-state index in [2.05, 4.69) is 5.32 Å². The molecule has 1 saturated heterocycles. The van der Waals surface area contributed by atoms with Crippen molar-refractivity contribution in [3.63, 3.8) is 0 Å².